The number of rotatable bonds is 7. The van der Waals surface area contributed by atoms with Crippen LogP contribution < -0.4 is 11.1 Å². The van der Waals surface area contributed by atoms with E-state index in [2.05, 4.69) is 12.2 Å². The molecule has 0 radical (unpaired) electrons. The van der Waals surface area contributed by atoms with E-state index in [4.69, 9.17) is 5.73 Å². The van der Waals surface area contributed by atoms with Gasteiger partial charge in [-0.1, -0.05) is 26.0 Å². The number of carbonyl (C=O) groups is 1. The number of primary amides is 1. The zero-order valence-corrected chi connectivity index (χ0v) is 11.0. The lowest BCUT2D eigenvalue weighted by molar-refractivity contribution is -0.119. The zero-order chi connectivity index (χ0) is 13.6. The highest BCUT2D eigenvalue weighted by atomic mass is 19.1. The SMILES string of the molecule is CCCNC(CC)(CC(N)=O)c1ccc(F)cc1. The first-order chi connectivity index (χ1) is 8.54. The smallest absolute Gasteiger partial charge is 0.219 e. The summed E-state index contributed by atoms with van der Waals surface area (Å²) in [5.41, 5.74) is 5.75. The van der Waals surface area contributed by atoms with Gasteiger partial charge in [0.25, 0.3) is 0 Å². The van der Waals surface area contributed by atoms with Gasteiger partial charge < -0.3 is 11.1 Å². The van der Waals surface area contributed by atoms with Gasteiger partial charge in [0.05, 0.1) is 5.54 Å². The molecule has 0 aliphatic heterocycles. The van der Waals surface area contributed by atoms with E-state index in [0.717, 1.165) is 24.9 Å². The maximum Gasteiger partial charge on any atom is 0.219 e. The molecule has 0 saturated heterocycles. The van der Waals surface area contributed by atoms with Crippen LogP contribution in [0.2, 0.25) is 0 Å². The molecular weight excluding hydrogens is 231 g/mol. The van der Waals surface area contributed by atoms with Crippen molar-refractivity contribution in [3.05, 3.63) is 35.6 Å². The molecule has 0 spiro atoms. The Morgan fingerprint density at radius 3 is 2.39 bits per heavy atom. The van der Waals surface area contributed by atoms with Gasteiger partial charge in [-0.3, -0.25) is 4.79 Å². The summed E-state index contributed by atoms with van der Waals surface area (Å²) in [5.74, 6) is -0.636. The molecule has 100 valence electrons. The summed E-state index contributed by atoms with van der Waals surface area (Å²) in [6.45, 7) is 4.84. The second-order valence-electron chi connectivity index (χ2n) is 4.51. The van der Waals surface area contributed by atoms with Crippen LogP contribution in [0, 0.1) is 5.82 Å². The number of carbonyl (C=O) groups excluding carboxylic acids is 1. The van der Waals surface area contributed by atoms with Crippen LogP contribution >= 0.6 is 0 Å². The van der Waals surface area contributed by atoms with Gasteiger partial charge in [0, 0.05) is 6.42 Å². The lowest BCUT2D eigenvalue weighted by atomic mass is 9.83. The summed E-state index contributed by atoms with van der Waals surface area (Å²) >= 11 is 0. The van der Waals surface area contributed by atoms with E-state index < -0.39 is 5.54 Å². The molecule has 4 heteroatoms. The highest BCUT2D eigenvalue weighted by Crippen LogP contribution is 2.29. The first-order valence-electron chi connectivity index (χ1n) is 6.33. The largest absolute Gasteiger partial charge is 0.370 e. The summed E-state index contributed by atoms with van der Waals surface area (Å²) in [5, 5.41) is 3.38. The van der Waals surface area contributed by atoms with Gasteiger partial charge in [-0.2, -0.15) is 0 Å². The summed E-state index contributed by atoms with van der Waals surface area (Å²) in [4.78, 5) is 11.3. The van der Waals surface area contributed by atoms with Crippen molar-refractivity contribution in [3.8, 4) is 0 Å². The molecule has 0 aromatic heterocycles. The number of nitrogens with one attached hydrogen (secondary N) is 1. The zero-order valence-electron chi connectivity index (χ0n) is 11.0. The lowest BCUT2D eigenvalue weighted by Crippen LogP contribution is -2.45. The molecular formula is C14H21FN2O. The van der Waals surface area contributed by atoms with Gasteiger partial charge in [-0.15, -0.1) is 0 Å². The topological polar surface area (TPSA) is 55.1 Å². The molecule has 1 aromatic carbocycles. The Morgan fingerprint density at radius 2 is 1.94 bits per heavy atom. The monoisotopic (exact) mass is 252 g/mol. The van der Waals surface area contributed by atoms with Crippen LogP contribution in [-0.4, -0.2) is 12.5 Å². The summed E-state index contributed by atoms with van der Waals surface area (Å²) in [7, 11) is 0. The Hall–Kier alpha value is -1.42. The second kappa shape index (κ2) is 6.50. The maximum atomic E-state index is 13.0. The van der Waals surface area contributed by atoms with Gasteiger partial charge in [0.15, 0.2) is 0 Å². The van der Waals surface area contributed by atoms with E-state index in [9.17, 15) is 9.18 Å². The van der Waals surface area contributed by atoms with E-state index in [1.165, 1.54) is 12.1 Å². The molecule has 1 unspecified atom stereocenters. The average molecular weight is 252 g/mol. The molecule has 1 atom stereocenters. The van der Waals surface area contributed by atoms with E-state index >= 15 is 0 Å². The molecule has 0 aliphatic rings. The number of benzene rings is 1. The molecule has 0 saturated carbocycles. The van der Waals surface area contributed by atoms with Gasteiger partial charge >= 0.3 is 0 Å². The normalized spacial score (nSPS) is 14.2. The molecule has 3 N–H and O–H groups in total. The summed E-state index contributed by atoms with van der Waals surface area (Å²) in [6, 6.07) is 6.25. The van der Waals surface area contributed by atoms with Crippen LogP contribution in [0.5, 0.6) is 0 Å². The summed E-state index contributed by atoms with van der Waals surface area (Å²) in [6.07, 6.45) is 1.90. The Morgan fingerprint density at radius 1 is 1.33 bits per heavy atom. The van der Waals surface area contributed by atoms with Gasteiger partial charge in [-0.05, 0) is 37.1 Å². The van der Waals surface area contributed by atoms with Crippen molar-refractivity contribution in [2.75, 3.05) is 6.54 Å². The van der Waals surface area contributed by atoms with Crippen molar-refractivity contribution in [1.29, 1.82) is 0 Å². The molecule has 1 rings (SSSR count). The van der Waals surface area contributed by atoms with Gasteiger partial charge in [0.2, 0.25) is 5.91 Å². The molecule has 3 nitrogen and oxygen atoms in total. The minimum absolute atomic E-state index is 0.217. The predicted molar refractivity (Wildman–Crippen MR) is 70.5 cm³/mol. The summed E-state index contributed by atoms with van der Waals surface area (Å²) < 4.78 is 13.0. The van der Waals surface area contributed by atoms with Gasteiger partial charge in [0.1, 0.15) is 5.82 Å². The predicted octanol–water partition coefficient (Wildman–Crippen LogP) is 2.31. The highest BCUT2D eigenvalue weighted by Gasteiger charge is 2.31. The van der Waals surface area contributed by atoms with Crippen molar-refractivity contribution in [3.63, 3.8) is 0 Å². The number of hydrogen-bond donors (Lipinski definition) is 2. The van der Waals surface area contributed by atoms with Crippen LogP contribution in [0.3, 0.4) is 0 Å². The standard InChI is InChI=1S/C14H21FN2O/c1-3-9-17-14(4-2,10-13(16)18)11-5-7-12(15)8-6-11/h5-8,17H,3-4,9-10H2,1-2H3,(H2,16,18). The molecule has 1 aromatic rings. The fourth-order valence-electron chi connectivity index (χ4n) is 2.15. The van der Waals surface area contributed by atoms with E-state index in [1.54, 1.807) is 12.1 Å². The van der Waals surface area contributed by atoms with Crippen LogP contribution in [0.15, 0.2) is 24.3 Å². The molecule has 0 fully saturated rings. The second-order valence-corrected chi connectivity index (χ2v) is 4.51. The third-order valence-corrected chi connectivity index (χ3v) is 3.19. The molecule has 0 aliphatic carbocycles. The van der Waals surface area contributed by atoms with E-state index in [-0.39, 0.29) is 18.1 Å². The van der Waals surface area contributed by atoms with Crippen molar-refractivity contribution < 1.29 is 9.18 Å². The van der Waals surface area contributed by atoms with Crippen LogP contribution in [0.4, 0.5) is 4.39 Å². The van der Waals surface area contributed by atoms with Crippen LogP contribution in [0.25, 0.3) is 0 Å². The molecule has 1 amide bonds. The fourth-order valence-corrected chi connectivity index (χ4v) is 2.15. The van der Waals surface area contributed by atoms with Crippen molar-refractivity contribution in [2.24, 2.45) is 5.73 Å². The third-order valence-electron chi connectivity index (χ3n) is 3.19. The fraction of sp³-hybridized carbons (Fsp3) is 0.500. The van der Waals surface area contributed by atoms with Gasteiger partial charge in [-0.25, -0.2) is 4.39 Å². The Bertz CT molecular complexity index is 391. The number of hydrogen-bond acceptors (Lipinski definition) is 2. The highest BCUT2D eigenvalue weighted by molar-refractivity contribution is 5.75. The van der Waals surface area contributed by atoms with Crippen molar-refractivity contribution in [1.82, 2.24) is 5.32 Å². The quantitative estimate of drug-likeness (QED) is 0.782. The molecule has 18 heavy (non-hydrogen) atoms. The first-order valence-corrected chi connectivity index (χ1v) is 6.33. The lowest BCUT2D eigenvalue weighted by Gasteiger charge is -2.33. The molecule has 0 heterocycles. The number of nitrogens with two attached hydrogens (primary N) is 1. The Labute approximate surface area is 108 Å². The molecule has 0 bridgehead atoms. The van der Waals surface area contributed by atoms with Crippen molar-refractivity contribution >= 4 is 5.91 Å². The number of halogens is 1. The van der Waals surface area contributed by atoms with Crippen LogP contribution in [-0.2, 0) is 10.3 Å². The minimum Gasteiger partial charge on any atom is -0.370 e. The Balaban J connectivity index is 3.07. The average Bonchev–Trinajstić information content (AvgIpc) is 2.35. The minimum atomic E-state index is -0.491. The first kappa shape index (κ1) is 14.6. The third kappa shape index (κ3) is 3.53. The van der Waals surface area contributed by atoms with Crippen LogP contribution in [0.1, 0.15) is 38.7 Å². The maximum absolute atomic E-state index is 13.0. The van der Waals surface area contributed by atoms with Crippen molar-refractivity contribution in [2.45, 2.75) is 38.6 Å². The van der Waals surface area contributed by atoms with E-state index in [1.807, 2.05) is 6.92 Å². The number of amides is 1. The Kier molecular flexibility index (Phi) is 5.28. The van der Waals surface area contributed by atoms with E-state index in [0.29, 0.717) is 0 Å².